The number of rotatable bonds is 7. The number of hydrogen-bond acceptors (Lipinski definition) is 3. The molecule has 1 heterocycles. The average molecular weight is 291 g/mol. The van der Waals surface area contributed by atoms with Crippen molar-refractivity contribution in [2.24, 2.45) is 5.41 Å². The topological polar surface area (TPSA) is 39.1 Å². The molecule has 2 rings (SSSR count). The maximum Gasteiger partial charge on any atom is 0.104 e. The Morgan fingerprint density at radius 1 is 1.24 bits per heavy atom. The summed E-state index contributed by atoms with van der Waals surface area (Å²) in [5, 5.41) is 12.9. The summed E-state index contributed by atoms with van der Waals surface area (Å²) < 4.78 is 0. The summed E-state index contributed by atoms with van der Waals surface area (Å²) in [6, 6.07) is 3.10. The summed E-state index contributed by atoms with van der Waals surface area (Å²) in [5.41, 5.74) is 0.226. The van der Waals surface area contributed by atoms with Gasteiger partial charge in [0.2, 0.25) is 0 Å². The molecule has 1 aliphatic heterocycles. The minimum atomic E-state index is -0.304. The molecule has 21 heavy (non-hydrogen) atoms. The molecule has 0 spiro atoms. The first-order chi connectivity index (χ1) is 9.92. The molecule has 0 aromatic rings. The number of nitrogens with zero attached hydrogens (tertiary/aromatic N) is 2. The van der Waals surface area contributed by atoms with Gasteiger partial charge in [-0.25, -0.2) is 0 Å². The van der Waals surface area contributed by atoms with Gasteiger partial charge in [0.1, 0.15) is 5.54 Å². The molecule has 1 saturated heterocycles. The molecule has 0 bridgehead atoms. The fraction of sp³-hybridized carbons (Fsp3) is 0.944. The van der Waals surface area contributed by atoms with E-state index in [1.54, 1.807) is 0 Å². The van der Waals surface area contributed by atoms with E-state index in [0.717, 1.165) is 12.8 Å². The lowest BCUT2D eigenvalue weighted by Gasteiger charge is -2.25. The van der Waals surface area contributed by atoms with E-state index >= 15 is 0 Å². The fourth-order valence-electron chi connectivity index (χ4n) is 3.35. The third kappa shape index (κ3) is 5.96. The number of nitrogens with one attached hydrogen (secondary N) is 1. The van der Waals surface area contributed by atoms with Crippen molar-refractivity contribution in [3.8, 4) is 6.07 Å². The van der Waals surface area contributed by atoms with Crippen LogP contribution in [0.2, 0.25) is 0 Å². The monoisotopic (exact) mass is 291 g/mol. The van der Waals surface area contributed by atoms with Crippen LogP contribution in [0.1, 0.15) is 72.1 Å². The van der Waals surface area contributed by atoms with Crippen molar-refractivity contribution in [2.45, 2.75) is 83.7 Å². The van der Waals surface area contributed by atoms with Gasteiger partial charge in [0.05, 0.1) is 6.07 Å². The Labute approximate surface area is 131 Å². The summed E-state index contributed by atoms with van der Waals surface area (Å²) >= 11 is 0. The highest BCUT2D eigenvalue weighted by molar-refractivity contribution is 5.06. The van der Waals surface area contributed by atoms with Gasteiger partial charge in [0.25, 0.3) is 0 Å². The van der Waals surface area contributed by atoms with Gasteiger partial charge < -0.3 is 4.90 Å². The summed E-state index contributed by atoms with van der Waals surface area (Å²) in [6.45, 7) is 10.6. The first kappa shape index (κ1) is 16.8. The normalized spacial score (nSPS) is 25.8. The van der Waals surface area contributed by atoms with Gasteiger partial charge in [0, 0.05) is 6.04 Å². The molecule has 1 N–H and O–H groups in total. The van der Waals surface area contributed by atoms with Gasteiger partial charge in [-0.2, -0.15) is 5.26 Å². The van der Waals surface area contributed by atoms with Crippen molar-refractivity contribution in [2.75, 3.05) is 19.6 Å². The highest BCUT2D eigenvalue weighted by Crippen LogP contribution is 2.30. The van der Waals surface area contributed by atoms with Gasteiger partial charge in [-0.15, -0.1) is 0 Å². The molecule has 3 nitrogen and oxygen atoms in total. The molecule has 1 atom stereocenters. The van der Waals surface area contributed by atoms with E-state index in [-0.39, 0.29) is 5.54 Å². The predicted molar refractivity (Wildman–Crippen MR) is 88.1 cm³/mol. The van der Waals surface area contributed by atoms with Gasteiger partial charge in [-0.05, 0) is 83.3 Å². The van der Waals surface area contributed by atoms with E-state index in [1.807, 2.05) is 0 Å². The first-order valence-corrected chi connectivity index (χ1v) is 8.84. The van der Waals surface area contributed by atoms with Crippen LogP contribution in [-0.2, 0) is 0 Å². The van der Waals surface area contributed by atoms with Crippen molar-refractivity contribution < 1.29 is 0 Å². The Hall–Kier alpha value is -0.590. The van der Waals surface area contributed by atoms with Crippen LogP contribution in [-0.4, -0.2) is 36.1 Å². The molecule has 2 fully saturated rings. The maximum atomic E-state index is 9.38. The van der Waals surface area contributed by atoms with Crippen LogP contribution in [0.15, 0.2) is 0 Å². The Morgan fingerprint density at radius 2 is 2.00 bits per heavy atom. The second kappa shape index (κ2) is 7.11. The largest absolute Gasteiger partial charge is 0.303 e. The van der Waals surface area contributed by atoms with Gasteiger partial charge in [-0.3, -0.25) is 5.32 Å². The van der Waals surface area contributed by atoms with Crippen LogP contribution in [0.25, 0.3) is 0 Å². The molecule has 0 amide bonds. The molecule has 3 heteroatoms. The van der Waals surface area contributed by atoms with E-state index in [2.05, 4.69) is 37.1 Å². The molecule has 2 aliphatic rings. The van der Waals surface area contributed by atoms with E-state index < -0.39 is 0 Å². The van der Waals surface area contributed by atoms with Gasteiger partial charge in [0.15, 0.2) is 0 Å². The third-order valence-electron chi connectivity index (χ3n) is 5.18. The predicted octanol–water partition coefficient (Wildman–Crippen LogP) is 3.70. The van der Waals surface area contributed by atoms with E-state index in [4.69, 9.17) is 0 Å². The zero-order valence-corrected chi connectivity index (χ0v) is 14.2. The highest BCUT2D eigenvalue weighted by atomic mass is 15.1. The Balaban J connectivity index is 1.63. The van der Waals surface area contributed by atoms with Crippen LogP contribution in [0.3, 0.4) is 0 Å². The fourth-order valence-corrected chi connectivity index (χ4v) is 3.35. The van der Waals surface area contributed by atoms with Crippen molar-refractivity contribution >= 4 is 0 Å². The number of hydrogen-bond donors (Lipinski definition) is 1. The summed E-state index contributed by atoms with van der Waals surface area (Å²) in [7, 11) is 0. The smallest absolute Gasteiger partial charge is 0.104 e. The molecule has 1 saturated carbocycles. The molecule has 1 aliphatic carbocycles. The van der Waals surface area contributed by atoms with Crippen molar-refractivity contribution in [1.82, 2.24) is 10.2 Å². The van der Waals surface area contributed by atoms with Crippen molar-refractivity contribution in [3.05, 3.63) is 0 Å². The lowest BCUT2D eigenvalue weighted by Crippen LogP contribution is -2.42. The molecular formula is C18H33N3. The summed E-state index contributed by atoms with van der Waals surface area (Å²) in [6.07, 6.45) is 9.90. The Kier molecular flexibility index (Phi) is 5.68. The number of unbranched alkanes of at least 4 members (excludes halogenated alkanes) is 1. The summed E-state index contributed by atoms with van der Waals surface area (Å²) in [5.74, 6) is 0. The quantitative estimate of drug-likeness (QED) is 0.727. The highest BCUT2D eigenvalue weighted by Gasteiger charge is 2.32. The maximum absolute atomic E-state index is 9.38. The van der Waals surface area contributed by atoms with Crippen molar-refractivity contribution in [3.63, 3.8) is 0 Å². The minimum absolute atomic E-state index is 0.304. The molecule has 120 valence electrons. The van der Waals surface area contributed by atoms with Crippen molar-refractivity contribution in [1.29, 1.82) is 5.26 Å². The Morgan fingerprint density at radius 3 is 2.67 bits per heavy atom. The standard InChI is InChI=1S/C18H33N3/c1-17(2)9-6-13-21(14-11-17)12-5-4-10-18(3,15-19)20-16-7-8-16/h16,20H,4-14H2,1-3H3. The second-order valence-corrected chi connectivity index (χ2v) is 8.18. The third-order valence-corrected chi connectivity index (χ3v) is 5.18. The second-order valence-electron chi connectivity index (χ2n) is 8.18. The van der Waals surface area contributed by atoms with Gasteiger partial charge >= 0.3 is 0 Å². The zero-order chi connectivity index (χ0) is 15.3. The van der Waals surface area contributed by atoms with Crippen LogP contribution >= 0.6 is 0 Å². The molecule has 1 unspecified atom stereocenters. The summed E-state index contributed by atoms with van der Waals surface area (Å²) in [4.78, 5) is 2.63. The molecular weight excluding hydrogens is 258 g/mol. The van der Waals surface area contributed by atoms with E-state index in [9.17, 15) is 5.26 Å². The van der Waals surface area contributed by atoms with Gasteiger partial charge in [-0.1, -0.05) is 13.8 Å². The van der Waals surface area contributed by atoms with Crippen LogP contribution in [0, 0.1) is 16.7 Å². The zero-order valence-electron chi connectivity index (χ0n) is 14.2. The number of likely N-dealkylation sites (tertiary alicyclic amines) is 1. The number of nitriles is 1. The Bertz CT molecular complexity index is 367. The minimum Gasteiger partial charge on any atom is -0.303 e. The molecule has 0 aromatic carbocycles. The van der Waals surface area contributed by atoms with E-state index in [0.29, 0.717) is 11.5 Å². The SMILES string of the molecule is CC1(C)CCCN(CCCCC(C)(C#N)NC2CC2)CC1. The van der Waals surface area contributed by atoms with E-state index in [1.165, 1.54) is 58.2 Å². The molecule has 0 radical (unpaired) electrons. The average Bonchev–Trinajstić information content (AvgIpc) is 3.24. The lowest BCUT2D eigenvalue weighted by atomic mass is 9.85. The molecule has 0 aromatic heterocycles. The lowest BCUT2D eigenvalue weighted by molar-refractivity contribution is 0.254. The van der Waals surface area contributed by atoms with Crippen LogP contribution in [0.5, 0.6) is 0 Å². The first-order valence-electron chi connectivity index (χ1n) is 8.84. The van der Waals surface area contributed by atoms with Crippen LogP contribution < -0.4 is 5.32 Å². The van der Waals surface area contributed by atoms with Crippen LogP contribution in [0.4, 0.5) is 0 Å².